The normalized spacial score (nSPS) is 11.4. The number of allylic oxidation sites excluding steroid dienone is 1. The first kappa shape index (κ1) is 13.7. The third-order valence-electron chi connectivity index (χ3n) is 2.08. The van der Waals surface area contributed by atoms with Gasteiger partial charge >= 0.3 is 11.9 Å². The maximum atomic E-state index is 10.7. The number of carboxylic acid groups (broad SMARTS) is 2. The minimum absolute atomic E-state index is 0.108. The highest BCUT2D eigenvalue weighted by molar-refractivity contribution is 5.87. The molecule has 0 saturated heterocycles. The zero-order valence-corrected chi connectivity index (χ0v) is 9.03. The summed E-state index contributed by atoms with van der Waals surface area (Å²) in [7, 11) is 0. The summed E-state index contributed by atoms with van der Waals surface area (Å²) in [4.78, 5) is 21.0. The van der Waals surface area contributed by atoms with Gasteiger partial charge in [-0.1, -0.05) is 25.8 Å². The van der Waals surface area contributed by atoms with Crippen molar-refractivity contribution in [3.8, 4) is 0 Å². The van der Waals surface area contributed by atoms with Gasteiger partial charge in [0, 0.05) is 12.0 Å². The van der Waals surface area contributed by atoms with E-state index in [1.165, 1.54) is 0 Å². The van der Waals surface area contributed by atoms with Crippen molar-refractivity contribution in [2.75, 3.05) is 0 Å². The molecule has 0 aliphatic rings. The Hall–Kier alpha value is -1.32. The number of hydrogen-bond donors (Lipinski definition) is 2. The first-order valence-corrected chi connectivity index (χ1v) is 5.22. The lowest BCUT2D eigenvalue weighted by Crippen LogP contribution is -2.04. The van der Waals surface area contributed by atoms with E-state index in [-0.39, 0.29) is 18.4 Å². The molecule has 0 aromatic carbocycles. The van der Waals surface area contributed by atoms with Gasteiger partial charge in [0.1, 0.15) is 0 Å². The minimum atomic E-state index is -1.01. The molecule has 0 fully saturated rings. The summed E-state index contributed by atoms with van der Waals surface area (Å²) in [5.74, 6) is -1.97. The Labute approximate surface area is 89.6 Å². The fourth-order valence-electron chi connectivity index (χ4n) is 1.21. The van der Waals surface area contributed by atoms with Crippen LogP contribution in [0.5, 0.6) is 0 Å². The second kappa shape index (κ2) is 8.03. The van der Waals surface area contributed by atoms with Crippen LogP contribution in [0.25, 0.3) is 0 Å². The summed E-state index contributed by atoms with van der Waals surface area (Å²) < 4.78 is 0. The molecule has 0 rings (SSSR count). The highest BCUT2D eigenvalue weighted by atomic mass is 16.4. The maximum Gasteiger partial charge on any atom is 0.331 e. The van der Waals surface area contributed by atoms with E-state index < -0.39 is 11.9 Å². The maximum absolute atomic E-state index is 10.7. The van der Waals surface area contributed by atoms with E-state index in [4.69, 9.17) is 10.2 Å². The van der Waals surface area contributed by atoms with Crippen LogP contribution in [0.1, 0.15) is 45.4 Å². The third-order valence-corrected chi connectivity index (χ3v) is 2.08. The molecule has 0 spiro atoms. The number of carboxylic acids is 2. The molecule has 0 unspecified atom stereocenters. The lowest BCUT2D eigenvalue weighted by molar-refractivity contribution is -0.137. The Morgan fingerprint density at radius 2 is 1.80 bits per heavy atom. The van der Waals surface area contributed by atoms with Gasteiger partial charge in [-0.05, 0) is 19.3 Å². The second-order valence-electron chi connectivity index (χ2n) is 3.42. The number of hydrogen-bond acceptors (Lipinski definition) is 2. The van der Waals surface area contributed by atoms with Gasteiger partial charge in [-0.3, -0.25) is 4.79 Å². The van der Waals surface area contributed by atoms with Crippen LogP contribution in [0, 0.1) is 0 Å². The number of rotatable bonds is 8. The monoisotopic (exact) mass is 214 g/mol. The highest BCUT2D eigenvalue weighted by Crippen LogP contribution is 2.09. The molecule has 0 bridgehead atoms. The predicted octanol–water partition coefficient (Wildman–Crippen LogP) is 2.44. The van der Waals surface area contributed by atoms with Gasteiger partial charge in [0.05, 0.1) is 0 Å². The summed E-state index contributed by atoms with van der Waals surface area (Å²) in [6.07, 6.45) is 5.47. The van der Waals surface area contributed by atoms with Gasteiger partial charge in [-0.25, -0.2) is 4.79 Å². The molecule has 0 radical (unpaired) electrons. The van der Waals surface area contributed by atoms with Crippen LogP contribution in [-0.4, -0.2) is 22.2 Å². The first-order chi connectivity index (χ1) is 7.07. The van der Waals surface area contributed by atoms with Crippen LogP contribution in [0.15, 0.2) is 11.6 Å². The number of aliphatic carboxylic acids is 2. The van der Waals surface area contributed by atoms with Crippen molar-refractivity contribution >= 4 is 11.9 Å². The number of unbranched alkanes of at least 4 members (excludes halogenated alkanes) is 3. The average Bonchev–Trinajstić information content (AvgIpc) is 2.15. The largest absolute Gasteiger partial charge is 0.481 e. The van der Waals surface area contributed by atoms with Crippen LogP contribution in [-0.2, 0) is 9.59 Å². The fourth-order valence-corrected chi connectivity index (χ4v) is 1.21. The quantitative estimate of drug-likeness (QED) is 0.480. The van der Waals surface area contributed by atoms with Crippen molar-refractivity contribution in [1.29, 1.82) is 0 Å². The molecule has 4 nitrogen and oxygen atoms in total. The molecule has 86 valence electrons. The van der Waals surface area contributed by atoms with E-state index in [0.29, 0.717) is 0 Å². The van der Waals surface area contributed by atoms with Crippen molar-refractivity contribution < 1.29 is 19.8 Å². The molecule has 2 N–H and O–H groups in total. The molecule has 0 aliphatic carbocycles. The van der Waals surface area contributed by atoms with Crippen LogP contribution < -0.4 is 0 Å². The summed E-state index contributed by atoms with van der Waals surface area (Å²) >= 11 is 0. The van der Waals surface area contributed by atoms with E-state index in [1.54, 1.807) is 6.08 Å². The molecule has 4 heteroatoms. The third kappa shape index (κ3) is 7.73. The molecule has 0 aromatic heterocycles. The van der Waals surface area contributed by atoms with Crippen LogP contribution in [0.2, 0.25) is 0 Å². The smallest absolute Gasteiger partial charge is 0.331 e. The van der Waals surface area contributed by atoms with Gasteiger partial charge in [0.15, 0.2) is 0 Å². The van der Waals surface area contributed by atoms with Gasteiger partial charge < -0.3 is 10.2 Å². The van der Waals surface area contributed by atoms with Crippen LogP contribution in [0.3, 0.4) is 0 Å². The lowest BCUT2D eigenvalue weighted by atomic mass is 10.1. The second-order valence-corrected chi connectivity index (χ2v) is 3.42. The zero-order valence-electron chi connectivity index (χ0n) is 9.03. The van der Waals surface area contributed by atoms with E-state index in [9.17, 15) is 9.59 Å². The van der Waals surface area contributed by atoms with Crippen LogP contribution >= 0.6 is 0 Å². The Morgan fingerprint density at radius 3 is 2.27 bits per heavy atom. The van der Waals surface area contributed by atoms with Crippen molar-refractivity contribution in [1.82, 2.24) is 0 Å². The van der Waals surface area contributed by atoms with E-state index in [0.717, 1.165) is 25.7 Å². The predicted molar refractivity (Wildman–Crippen MR) is 56.7 cm³/mol. The molecule has 0 heterocycles. The van der Waals surface area contributed by atoms with Gasteiger partial charge in [0.2, 0.25) is 0 Å². The van der Waals surface area contributed by atoms with Gasteiger partial charge in [-0.15, -0.1) is 0 Å². The highest BCUT2D eigenvalue weighted by Gasteiger charge is 2.08. The lowest BCUT2D eigenvalue weighted by Gasteiger charge is -2.00. The van der Waals surface area contributed by atoms with E-state index in [2.05, 4.69) is 6.92 Å². The summed E-state index contributed by atoms with van der Waals surface area (Å²) in [6, 6.07) is 0. The summed E-state index contributed by atoms with van der Waals surface area (Å²) in [5, 5.41) is 17.2. The average molecular weight is 214 g/mol. The molecular formula is C11H18O4. The van der Waals surface area contributed by atoms with E-state index in [1.807, 2.05) is 0 Å². The van der Waals surface area contributed by atoms with Crippen molar-refractivity contribution in [3.05, 3.63) is 11.6 Å². The molecule has 0 aliphatic heterocycles. The Bertz CT molecular complexity index is 243. The summed E-state index contributed by atoms with van der Waals surface area (Å²) in [5.41, 5.74) is 0.216. The SMILES string of the molecule is CCCCC/C=C(/CCC(=O)O)C(=O)O. The minimum Gasteiger partial charge on any atom is -0.481 e. The topological polar surface area (TPSA) is 74.6 Å². The molecule has 0 atom stereocenters. The summed E-state index contributed by atoms with van der Waals surface area (Å²) in [6.45, 7) is 2.08. The fraction of sp³-hybridized carbons (Fsp3) is 0.636. The first-order valence-electron chi connectivity index (χ1n) is 5.22. The van der Waals surface area contributed by atoms with Gasteiger partial charge in [-0.2, -0.15) is 0 Å². The molecule has 0 amide bonds. The molecule has 0 saturated carbocycles. The molecular weight excluding hydrogens is 196 g/mol. The standard InChI is InChI=1S/C11H18O4/c1-2-3-4-5-6-9(11(14)15)7-8-10(12)13/h6H,2-5,7-8H2,1H3,(H,12,13)(H,14,15)/b9-6-. The van der Waals surface area contributed by atoms with Crippen molar-refractivity contribution in [2.24, 2.45) is 0 Å². The molecule has 15 heavy (non-hydrogen) atoms. The van der Waals surface area contributed by atoms with Crippen molar-refractivity contribution in [2.45, 2.75) is 45.4 Å². The number of carbonyl (C=O) groups is 2. The van der Waals surface area contributed by atoms with Gasteiger partial charge in [0.25, 0.3) is 0 Å². The Kier molecular flexibility index (Phi) is 7.32. The van der Waals surface area contributed by atoms with Crippen LogP contribution in [0.4, 0.5) is 0 Å². The Balaban J connectivity index is 4.02. The Morgan fingerprint density at radius 1 is 1.13 bits per heavy atom. The zero-order chi connectivity index (χ0) is 11.7. The van der Waals surface area contributed by atoms with Crippen molar-refractivity contribution in [3.63, 3.8) is 0 Å². The van der Waals surface area contributed by atoms with E-state index >= 15 is 0 Å². The molecule has 0 aromatic rings.